The molecule has 0 aliphatic carbocycles. The monoisotopic (exact) mass is 256 g/mol. The van der Waals surface area contributed by atoms with Crippen LogP contribution in [-0.4, -0.2) is 49.3 Å². The molecule has 0 fully saturated rings. The molecule has 0 rings (SSSR count). The quantitative estimate of drug-likeness (QED) is 0.196. The lowest BCUT2D eigenvalue weighted by Crippen LogP contribution is -2.34. The summed E-state index contributed by atoms with van der Waals surface area (Å²) in [6.45, 7) is -2.11. The van der Waals surface area contributed by atoms with Crippen LogP contribution in [0.4, 0.5) is 0 Å². The number of hydrogen-bond acceptors (Lipinski definition) is 8. The van der Waals surface area contributed by atoms with E-state index in [1.165, 1.54) is 0 Å². The summed E-state index contributed by atoms with van der Waals surface area (Å²) in [5.41, 5.74) is 19.3. The van der Waals surface area contributed by atoms with Crippen molar-refractivity contribution in [1.82, 2.24) is 0 Å². The number of carbonyl (C=O) groups excluding carboxylic acids is 4. The van der Waals surface area contributed by atoms with Crippen LogP contribution in [0, 0.1) is 0 Å². The molecule has 0 radical (unpaired) electrons. The van der Waals surface area contributed by atoms with E-state index in [4.69, 9.17) is 22.9 Å². The summed E-state index contributed by atoms with van der Waals surface area (Å²) < 4.78 is 0. The largest absolute Gasteiger partial charge is 0.324 e. The summed E-state index contributed by atoms with van der Waals surface area (Å²) in [6, 6.07) is 0. The molecule has 0 heterocycles. The molecule has 0 saturated carbocycles. The van der Waals surface area contributed by atoms with Crippen LogP contribution in [0.1, 0.15) is 0 Å². The van der Waals surface area contributed by atoms with Gasteiger partial charge in [-0.15, -0.1) is 0 Å². The van der Waals surface area contributed by atoms with Crippen molar-refractivity contribution in [2.45, 2.75) is 0 Å². The zero-order valence-corrected chi connectivity index (χ0v) is 9.77. The molecule has 0 atom stereocenters. The van der Waals surface area contributed by atoms with E-state index in [1.54, 1.807) is 0 Å². The molecule has 8 N–H and O–H groups in total. The predicted octanol–water partition coefficient (Wildman–Crippen LogP) is -3.61. The van der Waals surface area contributed by atoms with E-state index in [1.807, 2.05) is 0 Å². The molecule has 0 bridgehead atoms. The fourth-order valence-electron chi connectivity index (χ4n) is 1.28. The van der Waals surface area contributed by atoms with Gasteiger partial charge in [0.15, 0.2) is 23.1 Å². The molecule has 0 aliphatic heterocycles. The normalized spacial score (nSPS) is 9.78. The van der Waals surface area contributed by atoms with Crippen LogP contribution >= 0.6 is 0 Å². The average molecular weight is 256 g/mol. The fourth-order valence-corrected chi connectivity index (χ4v) is 1.28. The van der Waals surface area contributed by atoms with E-state index in [0.29, 0.717) is 0 Å². The van der Waals surface area contributed by atoms with Gasteiger partial charge in [0, 0.05) is 0 Å². The van der Waals surface area contributed by atoms with Gasteiger partial charge in [0.1, 0.15) is 0 Å². The highest BCUT2D eigenvalue weighted by Crippen LogP contribution is 2.09. The van der Waals surface area contributed by atoms with Crippen molar-refractivity contribution >= 4 is 23.1 Å². The van der Waals surface area contributed by atoms with Crippen LogP contribution in [0.3, 0.4) is 0 Å². The highest BCUT2D eigenvalue weighted by molar-refractivity contribution is 6.34. The Bertz CT molecular complexity index is 340. The molecule has 0 aromatic carbocycles. The van der Waals surface area contributed by atoms with E-state index in [-0.39, 0.29) is 0 Å². The minimum absolute atomic E-state index is 0.528. The Hall–Kier alpha value is -1.74. The van der Waals surface area contributed by atoms with Crippen LogP contribution < -0.4 is 22.9 Å². The van der Waals surface area contributed by atoms with Gasteiger partial charge in [0.25, 0.3) is 0 Å². The highest BCUT2D eigenvalue weighted by atomic mass is 16.2. The molecule has 0 saturated heterocycles. The summed E-state index contributed by atoms with van der Waals surface area (Å²) in [7, 11) is 0. The first-order valence-electron chi connectivity index (χ1n) is 5.11. The van der Waals surface area contributed by atoms with Crippen molar-refractivity contribution < 1.29 is 19.2 Å². The van der Waals surface area contributed by atoms with E-state index in [2.05, 4.69) is 0 Å². The number of nitrogens with two attached hydrogens (primary N) is 4. The summed E-state index contributed by atoms with van der Waals surface area (Å²) in [5.74, 6) is -3.37. The zero-order valence-electron chi connectivity index (χ0n) is 9.77. The van der Waals surface area contributed by atoms with Crippen LogP contribution in [-0.2, 0) is 19.2 Å². The Labute approximate surface area is 103 Å². The first-order chi connectivity index (χ1) is 8.44. The summed E-state index contributed by atoms with van der Waals surface area (Å²) in [5, 5.41) is 0. The number of rotatable bonds is 8. The van der Waals surface area contributed by atoms with Crippen LogP contribution in [0.15, 0.2) is 11.1 Å². The lowest BCUT2D eigenvalue weighted by atomic mass is 9.93. The molecule has 18 heavy (non-hydrogen) atoms. The van der Waals surface area contributed by atoms with Crippen LogP contribution in [0.2, 0.25) is 0 Å². The molecular formula is C10H16N4O4. The third-order valence-corrected chi connectivity index (χ3v) is 2.11. The lowest BCUT2D eigenvalue weighted by Gasteiger charge is -2.09. The zero-order chi connectivity index (χ0) is 14.3. The number of Topliss-reactive ketones (excluding diaryl/α,β-unsaturated/α-hetero) is 4. The Kier molecular flexibility index (Phi) is 6.83. The van der Waals surface area contributed by atoms with Gasteiger partial charge in [-0.2, -0.15) is 0 Å². The van der Waals surface area contributed by atoms with Crippen molar-refractivity contribution in [3.05, 3.63) is 11.1 Å². The highest BCUT2D eigenvalue weighted by Gasteiger charge is 2.28. The first kappa shape index (κ1) is 16.3. The van der Waals surface area contributed by atoms with Gasteiger partial charge in [-0.3, -0.25) is 19.2 Å². The SMILES string of the molecule is NCC(=O)C(C(=O)CN)=C(C(=O)CN)C(=O)CN. The van der Waals surface area contributed by atoms with E-state index < -0.39 is 60.5 Å². The maximum atomic E-state index is 11.5. The Morgan fingerprint density at radius 1 is 0.500 bits per heavy atom. The number of ketones is 4. The molecular weight excluding hydrogens is 240 g/mol. The van der Waals surface area contributed by atoms with Crippen LogP contribution in [0.5, 0.6) is 0 Å². The minimum Gasteiger partial charge on any atom is -0.324 e. The minimum atomic E-state index is -0.843. The Balaban J connectivity index is 6.00. The van der Waals surface area contributed by atoms with Gasteiger partial charge >= 0.3 is 0 Å². The van der Waals surface area contributed by atoms with Gasteiger partial charge in [0.2, 0.25) is 0 Å². The second kappa shape index (κ2) is 7.56. The number of hydrogen-bond donors (Lipinski definition) is 4. The number of carbonyl (C=O) groups is 4. The molecule has 100 valence electrons. The topological polar surface area (TPSA) is 172 Å². The smallest absolute Gasteiger partial charge is 0.180 e. The first-order valence-corrected chi connectivity index (χ1v) is 5.11. The summed E-state index contributed by atoms with van der Waals surface area (Å²) in [6.07, 6.45) is 0. The maximum absolute atomic E-state index is 11.5. The van der Waals surface area contributed by atoms with Crippen molar-refractivity contribution in [2.75, 3.05) is 26.2 Å². The summed E-state index contributed by atoms with van der Waals surface area (Å²) >= 11 is 0. The Morgan fingerprint density at radius 2 is 0.667 bits per heavy atom. The van der Waals surface area contributed by atoms with Gasteiger partial charge < -0.3 is 22.9 Å². The molecule has 0 aliphatic rings. The molecule has 0 amide bonds. The molecule has 8 heteroatoms. The van der Waals surface area contributed by atoms with Gasteiger partial charge in [-0.1, -0.05) is 0 Å². The standard InChI is InChI=1S/C10H16N4O4/c11-1-5(15)9(6(16)2-12)10(7(17)3-13)8(18)4-14/h1-4,11-14H2. The second-order valence-electron chi connectivity index (χ2n) is 3.26. The van der Waals surface area contributed by atoms with Crippen molar-refractivity contribution in [3.8, 4) is 0 Å². The van der Waals surface area contributed by atoms with Gasteiger partial charge in [0.05, 0.1) is 37.3 Å². The fraction of sp³-hybridized carbons (Fsp3) is 0.400. The molecule has 8 nitrogen and oxygen atoms in total. The summed E-state index contributed by atoms with van der Waals surface area (Å²) in [4.78, 5) is 46.2. The van der Waals surface area contributed by atoms with Gasteiger partial charge in [-0.05, 0) is 0 Å². The Morgan fingerprint density at radius 3 is 0.778 bits per heavy atom. The third kappa shape index (κ3) is 3.64. The lowest BCUT2D eigenvalue weighted by molar-refractivity contribution is -0.124. The van der Waals surface area contributed by atoms with E-state index in [9.17, 15) is 19.2 Å². The van der Waals surface area contributed by atoms with Crippen molar-refractivity contribution in [1.29, 1.82) is 0 Å². The van der Waals surface area contributed by atoms with E-state index in [0.717, 1.165) is 0 Å². The molecule has 0 aromatic rings. The second-order valence-corrected chi connectivity index (χ2v) is 3.26. The van der Waals surface area contributed by atoms with E-state index >= 15 is 0 Å². The average Bonchev–Trinajstić information content (AvgIpc) is 2.41. The van der Waals surface area contributed by atoms with Crippen molar-refractivity contribution in [3.63, 3.8) is 0 Å². The van der Waals surface area contributed by atoms with Crippen LogP contribution in [0.25, 0.3) is 0 Å². The predicted molar refractivity (Wildman–Crippen MR) is 63.3 cm³/mol. The molecule has 0 spiro atoms. The van der Waals surface area contributed by atoms with Gasteiger partial charge in [-0.25, -0.2) is 0 Å². The van der Waals surface area contributed by atoms with Crippen molar-refractivity contribution in [2.24, 2.45) is 22.9 Å². The molecule has 0 unspecified atom stereocenters. The third-order valence-electron chi connectivity index (χ3n) is 2.11. The maximum Gasteiger partial charge on any atom is 0.180 e. The molecule has 0 aromatic heterocycles.